The molecule has 0 spiro atoms. The van der Waals surface area contributed by atoms with Crippen molar-refractivity contribution in [2.24, 2.45) is 4.99 Å². The van der Waals surface area contributed by atoms with E-state index in [1.54, 1.807) is 18.2 Å². The van der Waals surface area contributed by atoms with Crippen molar-refractivity contribution in [2.45, 2.75) is 6.55 Å². The van der Waals surface area contributed by atoms with Gasteiger partial charge in [-0.05, 0) is 0 Å². The second kappa shape index (κ2) is 8.21. The Kier molecular flexibility index (Phi) is 5.84. The number of carbonyl (C=O) groups is 1. The summed E-state index contributed by atoms with van der Waals surface area (Å²) >= 11 is 8.65. The van der Waals surface area contributed by atoms with Gasteiger partial charge in [-0.2, -0.15) is 0 Å². The Balaban J connectivity index is 1.94. The first kappa shape index (κ1) is 22.0. The monoisotopic (exact) mass is 777 g/mol. The van der Waals surface area contributed by atoms with E-state index >= 15 is 0 Å². The van der Waals surface area contributed by atoms with E-state index in [9.17, 15) is 9.90 Å². The molecule has 0 saturated carbocycles. The van der Waals surface area contributed by atoms with Crippen molar-refractivity contribution in [1.29, 1.82) is 0 Å². The maximum absolute atomic E-state index is 12.4. The van der Waals surface area contributed by atoms with Crippen LogP contribution in [-0.4, -0.2) is 39.2 Å². The van der Waals surface area contributed by atoms with Gasteiger partial charge in [0, 0.05) is 0 Å². The van der Waals surface area contributed by atoms with E-state index in [4.69, 9.17) is 4.99 Å². The molecule has 0 fully saturated rings. The number of carbonyl (C=O) groups excluding carboxylic acids is 1. The van der Waals surface area contributed by atoms with Crippen molar-refractivity contribution >= 4 is 111 Å². The predicted molar refractivity (Wildman–Crippen MR) is 150 cm³/mol. The molecule has 0 saturated heterocycles. The zero-order valence-corrected chi connectivity index (χ0v) is 24.7. The number of aliphatic imine (C=N–C) groups is 1. The van der Waals surface area contributed by atoms with Crippen molar-refractivity contribution < 1.29 is 9.90 Å². The minimum absolute atomic E-state index is 0.00926. The van der Waals surface area contributed by atoms with Crippen LogP contribution >= 0.6 is 61.1 Å². The quantitative estimate of drug-likeness (QED) is 0.227. The number of rotatable bonds is 2. The molecule has 5 rings (SSSR count). The van der Waals surface area contributed by atoms with E-state index in [0.717, 1.165) is 36.3 Å². The molecule has 1 atom stereocenters. The summed E-state index contributed by atoms with van der Waals surface area (Å²) in [7, 11) is -2.62. The molecule has 8 heteroatoms. The van der Waals surface area contributed by atoms with E-state index in [1.807, 2.05) is 30.3 Å². The summed E-state index contributed by atoms with van der Waals surface area (Å²) in [6, 6.07) is 14.1. The molecule has 31 heavy (non-hydrogen) atoms. The Morgan fingerprint density at radius 3 is 2.52 bits per heavy atom. The molecule has 2 heterocycles. The fourth-order valence-electron chi connectivity index (χ4n) is 4.28. The molecule has 1 N–H and O–H groups in total. The Morgan fingerprint density at radius 2 is 1.84 bits per heavy atom. The number of nitrogens with zero attached hydrogens (tertiary/aromatic N) is 1. The van der Waals surface area contributed by atoms with Crippen LogP contribution in [0.5, 0.6) is 5.75 Å². The van der Waals surface area contributed by atoms with Gasteiger partial charge in [-0.25, -0.2) is 0 Å². The second-order valence-corrected chi connectivity index (χ2v) is 18.1. The number of benzene rings is 2. The number of halogens is 3. The van der Waals surface area contributed by atoms with Crippen LogP contribution in [0.15, 0.2) is 75.4 Å². The average molecular weight is 777 g/mol. The maximum atomic E-state index is 12.4. The Morgan fingerprint density at radius 1 is 1.10 bits per heavy atom. The molecule has 2 aromatic carbocycles. The third-order valence-corrected chi connectivity index (χ3v) is 19.0. The Bertz CT molecular complexity index is 1360. The Labute approximate surface area is 222 Å². The van der Waals surface area contributed by atoms with Crippen LogP contribution in [-0.2, 0) is 4.79 Å². The molecule has 1 aromatic heterocycles. The zero-order chi connectivity index (χ0) is 21.9. The summed E-state index contributed by atoms with van der Waals surface area (Å²) in [4.78, 5) is 17.4. The van der Waals surface area contributed by atoms with Crippen LogP contribution in [0.4, 0.5) is 5.69 Å². The van der Waals surface area contributed by atoms with Gasteiger partial charge in [0.1, 0.15) is 0 Å². The molecule has 3 aromatic rings. The van der Waals surface area contributed by atoms with Crippen molar-refractivity contribution in [2.75, 3.05) is 0 Å². The number of phenolic OH excluding ortho intramolecular Hbond substituents is 1. The molecule has 0 radical (unpaired) electrons. The average Bonchev–Trinajstić information content (AvgIpc) is 3.02. The second-order valence-electron chi connectivity index (χ2n) is 7.47. The van der Waals surface area contributed by atoms with Crippen LogP contribution in [0.25, 0.3) is 10.0 Å². The summed E-state index contributed by atoms with van der Waals surface area (Å²) in [5.74, 6) is 0.263. The SMILES string of the molecule is C[Si]1(c2ccccc2)C2=CC(=O)C=CC2=Nc2ccc(O)c(-c3[se]c(I)c(I)c3Br)c21. The van der Waals surface area contributed by atoms with Gasteiger partial charge in [0.05, 0.1) is 0 Å². The van der Waals surface area contributed by atoms with Gasteiger partial charge < -0.3 is 0 Å². The number of aromatic hydroxyl groups is 1. The van der Waals surface area contributed by atoms with Crippen molar-refractivity contribution in [3.8, 4) is 15.8 Å². The number of ketones is 1. The first-order chi connectivity index (χ1) is 14.8. The molecule has 1 aliphatic heterocycles. The van der Waals surface area contributed by atoms with E-state index in [0.29, 0.717) is 0 Å². The first-order valence-corrected chi connectivity index (χ1v) is 16.6. The van der Waals surface area contributed by atoms with Gasteiger partial charge in [-0.15, -0.1) is 0 Å². The zero-order valence-electron chi connectivity index (χ0n) is 16.1. The molecule has 154 valence electrons. The topological polar surface area (TPSA) is 49.7 Å². The number of hydrogen-bond donors (Lipinski definition) is 1. The van der Waals surface area contributed by atoms with Gasteiger partial charge in [0.2, 0.25) is 0 Å². The third-order valence-electron chi connectivity index (χ3n) is 5.74. The van der Waals surface area contributed by atoms with Crippen LogP contribution in [0.2, 0.25) is 6.55 Å². The molecule has 2 aliphatic rings. The number of fused-ring (bicyclic) bond motifs is 2. The van der Waals surface area contributed by atoms with E-state index in [2.05, 4.69) is 79.8 Å². The Hall–Kier alpha value is -0.784. The van der Waals surface area contributed by atoms with Crippen LogP contribution in [0.1, 0.15) is 0 Å². The molecule has 0 amide bonds. The first-order valence-electron chi connectivity index (χ1n) is 9.41. The van der Waals surface area contributed by atoms with Crippen molar-refractivity contribution in [1.82, 2.24) is 0 Å². The van der Waals surface area contributed by atoms with Crippen LogP contribution in [0.3, 0.4) is 0 Å². The standard InChI is InChI=1S/C23H14BrI2NO2SeSi/c1-31(13-5-3-2-4-6-13)17-11-12(28)7-8-14(17)27-15-9-10-16(29)18(22(15)31)21-19(24)20(25)23(26)30-21/h2-11,29H,1H3. The minimum atomic E-state index is -2.62. The van der Waals surface area contributed by atoms with Gasteiger partial charge in [0.25, 0.3) is 0 Å². The van der Waals surface area contributed by atoms with Gasteiger partial charge >= 0.3 is 225 Å². The fourth-order valence-corrected chi connectivity index (χ4v) is 14.7. The van der Waals surface area contributed by atoms with Crippen LogP contribution in [0, 0.1) is 6.01 Å². The number of allylic oxidation sites excluding steroid dienone is 4. The van der Waals surface area contributed by atoms with Gasteiger partial charge in [-0.3, -0.25) is 0 Å². The van der Waals surface area contributed by atoms with Gasteiger partial charge in [0.15, 0.2) is 0 Å². The molecule has 0 bridgehead atoms. The molecule has 1 aliphatic carbocycles. The van der Waals surface area contributed by atoms with E-state index < -0.39 is 8.07 Å². The molecule has 3 nitrogen and oxygen atoms in total. The summed E-state index contributed by atoms with van der Waals surface area (Å²) in [5.41, 5.74) is 2.63. The normalized spacial score (nSPS) is 19.5. The van der Waals surface area contributed by atoms with Gasteiger partial charge in [-0.1, -0.05) is 0 Å². The van der Waals surface area contributed by atoms with E-state index in [1.165, 1.54) is 11.2 Å². The van der Waals surface area contributed by atoms with Crippen molar-refractivity contribution in [3.05, 3.63) is 76.4 Å². The third kappa shape index (κ3) is 3.45. The summed E-state index contributed by atoms with van der Waals surface area (Å²) < 4.78 is 4.70. The summed E-state index contributed by atoms with van der Waals surface area (Å²) in [5, 5.41) is 14.4. The predicted octanol–water partition coefficient (Wildman–Crippen LogP) is 4.97. The number of phenols is 1. The van der Waals surface area contributed by atoms with Crippen LogP contribution < -0.4 is 10.4 Å². The van der Waals surface area contributed by atoms with Crippen molar-refractivity contribution in [3.63, 3.8) is 0 Å². The molecular weight excluding hydrogens is 763 g/mol. The molecule has 1 unspecified atom stereocenters. The summed E-state index contributed by atoms with van der Waals surface area (Å²) in [6.07, 6.45) is 5.18. The molecular formula is C23H14BrI2NO2SeSi. The number of hydrogen-bond acceptors (Lipinski definition) is 3. The summed E-state index contributed by atoms with van der Waals surface area (Å²) in [6.45, 7) is 2.27. The van der Waals surface area contributed by atoms with E-state index in [-0.39, 0.29) is 26.0 Å². The fraction of sp³-hybridized carbons (Fsp3) is 0.0435.